The summed E-state index contributed by atoms with van der Waals surface area (Å²) in [5.41, 5.74) is 3.57. The van der Waals surface area contributed by atoms with Gasteiger partial charge in [0, 0.05) is 21.7 Å². The molecule has 2 heterocycles. The van der Waals surface area contributed by atoms with E-state index in [1.165, 1.54) is 16.6 Å². The number of hydrogen-bond donors (Lipinski definition) is 1. The molecule has 0 spiro atoms. The first kappa shape index (κ1) is 8.75. The number of halogens is 1. The number of nitrogens with zero attached hydrogens (tertiary/aromatic N) is 1. The third-order valence-corrected chi connectivity index (χ3v) is 2.73. The monoisotopic (exact) mass is 238 g/mol. The molecular weight excluding hydrogens is 228 g/mol. The lowest BCUT2D eigenvalue weighted by Crippen LogP contribution is -1.80. The summed E-state index contributed by atoms with van der Waals surface area (Å²) in [6.45, 7) is 4.25. The standard InChI is InChI=1S/C10H11BrN2/c1-3-8-6(2)13-10-9(8)4-7(11)5-12-10/h4-5H,3H2,1-2H3,(H,12,13). The average molecular weight is 239 g/mol. The molecule has 0 saturated heterocycles. The number of hydrogen-bond acceptors (Lipinski definition) is 1. The van der Waals surface area contributed by atoms with Gasteiger partial charge in [0.1, 0.15) is 5.65 Å². The number of pyridine rings is 1. The van der Waals surface area contributed by atoms with Crippen LogP contribution in [0.3, 0.4) is 0 Å². The quantitative estimate of drug-likeness (QED) is 0.813. The lowest BCUT2D eigenvalue weighted by atomic mass is 10.1. The van der Waals surface area contributed by atoms with Gasteiger partial charge in [0.2, 0.25) is 0 Å². The number of aryl methyl sites for hydroxylation is 2. The Morgan fingerprint density at radius 2 is 2.31 bits per heavy atom. The fourth-order valence-electron chi connectivity index (χ4n) is 1.68. The number of aromatic amines is 1. The van der Waals surface area contributed by atoms with Gasteiger partial charge in [0.25, 0.3) is 0 Å². The number of aromatic nitrogens is 2. The molecule has 0 aliphatic carbocycles. The summed E-state index contributed by atoms with van der Waals surface area (Å²) >= 11 is 3.43. The van der Waals surface area contributed by atoms with E-state index in [1.54, 1.807) is 0 Å². The van der Waals surface area contributed by atoms with Crippen LogP contribution >= 0.6 is 15.9 Å². The Labute approximate surface area is 85.5 Å². The smallest absolute Gasteiger partial charge is 0.137 e. The maximum atomic E-state index is 4.31. The van der Waals surface area contributed by atoms with E-state index in [0.29, 0.717) is 0 Å². The van der Waals surface area contributed by atoms with Crippen molar-refractivity contribution in [3.63, 3.8) is 0 Å². The molecule has 0 aromatic carbocycles. The van der Waals surface area contributed by atoms with Gasteiger partial charge in [-0.15, -0.1) is 0 Å². The van der Waals surface area contributed by atoms with Gasteiger partial charge in [-0.1, -0.05) is 6.92 Å². The molecule has 0 bridgehead atoms. The second-order valence-corrected chi connectivity index (χ2v) is 4.05. The third kappa shape index (κ3) is 1.37. The van der Waals surface area contributed by atoms with Crippen molar-refractivity contribution in [2.45, 2.75) is 20.3 Å². The lowest BCUT2D eigenvalue weighted by Gasteiger charge is -1.94. The second-order valence-electron chi connectivity index (χ2n) is 3.13. The zero-order valence-electron chi connectivity index (χ0n) is 7.69. The molecule has 0 amide bonds. The molecule has 1 N–H and O–H groups in total. The highest BCUT2D eigenvalue weighted by atomic mass is 79.9. The zero-order chi connectivity index (χ0) is 9.42. The molecule has 68 valence electrons. The fraction of sp³-hybridized carbons (Fsp3) is 0.300. The Balaban J connectivity index is 2.80. The molecule has 0 radical (unpaired) electrons. The summed E-state index contributed by atoms with van der Waals surface area (Å²) in [4.78, 5) is 7.58. The van der Waals surface area contributed by atoms with Gasteiger partial charge in [-0.2, -0.15) is 0 Å². The van der Waals surface area contributed by atoms with Crippen molar-refractivity contribution in [1.82, 2.24) is 9.97 Å². The van der Waals surface area contributed by atoms with Crippen LogP contribution in [-0.2, 0) is 6.42 Å². The van der Waals surface area contributed by atoms with E-state index in [4.69, 9.17) is 0 Å². The SMILES string of the molecule is CCc1c(C)[nH]c2ncc(Br)cc12. The Hall–Kier alpha value is -0.830. The minimum Gasteiger partial charge on any atom is -0.343 e. The van der Waals surface area contributed by atoms with Gasteiger partial charge in [0.15, 0.2) is 0 Å². The topological polar surface area (TPSA) is 28.7 Å². The van der Waals surface area contributed by atoms with Crippen molar-refractivity contribution >= 4 is 27.0 Å². The number of nitrogens with one attached hydrogen (secondary N) is 1. The van der Waals surface area contributed by atoms with Gasteiger partial charge < -0.3 is 4.98 Å². The van der Waals surface area contributed by atoms with Crippen molar-refractivity contribution in [2.24, 2.45) is 0 Å². The Morgan fingerprint density at radius 3 is 3.00 bits per heavy atom. The zero-order valence-corrected chi connectivity index (χ0v) is 9.27. The summed E-state index contributed by atoms with van der Waals surface area (Å²) < 4.78 is 1.04. The predicted molar refractivity (Wildman–Crippen MR) is 57.9 cm³/mol. The van der Waals surface area contributed by atoms with E-state index in [2.05, 4.69) is 45.8 Å². The summed E-state index contributed by atoms with van der Waals surface area (Å²) in [6, 6.07) is 2.12. The van der Waals surface area contributed by atoms with Crippen molar-refractivity contribution in [1.29, 1.82) is 0 Å². The normalized spacial score (nSPS) is 11.0. The van der Waals surface area contributed by atoms with Crippen LogP contribution in [0.2, 0.25) is 0 Å². The highest BCUT2D eigenvalue weighted by molar-refractivity contribution is 9.10. The van der Waals surface area contributed by atoms with E-state index in [-0.39, 0.29) is 0 Å². The largest absolute Gasteiger partial charge is 0.343 e. The van der Waals surface area contributed by atoms with Crippen LogP contribution in [0.15, 0.2) is 16.7 Å². The van der Waals surface area contributed by atoms with E-state index in [0.717, 1.165) is 16.5 Å². The van der Waals surface area contributed by atoms with Crippen molar-refractivity contribution in [3.8, 4) is 0 Å². The molecule has 0 aliphatic heterocycles. The molecule has 13 heavy (non-hydrogen) atoms. The molecule has 2 aromatic heterocycles. The first-order chi connectivity index (χ1) is 6.22. The highest BCUT2D eigenvalue weighted by Gasteiger charge is 2.06. The Bertz CT molecular complexity index is 445. The Kier molecular flexibility index (Phi) is 2.12. The van der Waals surface area contributed by atoms with Gasteiger partial charge in [-0.05, 0) is 40.9 Å². The van der Waals surface area contributed by atoms with Crippen LogP contribution in [0.1, 0.15) is 18.2 Å². The van der Waals surface area contributed by atoms with Gasteiger partial charge in [0.05, 0.1) is 0 Å². The number of H-pyrrole nitrogens is 1. The molecule has 0 saturated carbocycles. The summed E-state index contributed by atoms with van der Waals surface area (Å²) in [6.07, 6.45) is 2.86. The van der Waals surface area contributed by atoms with Crippen LogP contribution in [-0.4, -0.2) is 9.97 Å². The summed E-state index contributed by atoms with van der Waals surface area (Å²) in [7, 11) is 0. The molecule has 3 heteroatoms. The number of rotatable bonds is 1. The average Bonchev–Trinajstić information content (AvgIpc) is 2.40. The third-order valence-electron chi connectivity index (χ3n) is 2.29. The van der Waals surface area contributed by atoms with Gasteiger partial charge in [-0.25, -0.2) is 4.98 Å². The second kappa shape index (κ2) is 3.14. The molecule has 2 aromatic rings. The minimum absolute atomic E-state index is 0.984. The van der Waals surface area contributed by atoms with Gasteiger partial charge in [-0.3, -0.25) is 0 Å². The maximum absolute atomic E-state index is 4.31. The van der Waals surface area contributed by atoms with Crippen LogP contribution < -0.4 is 0 Å². The first-order valence-electron chi connectivity index (χ1n) is 4.35. The maximum Gasteiger partial charge on any atom is 0.137 e. The lowest BCUT2D eigenvalue weighted by molar-refractivity contribution is 1.11. The predicted octanol–water partition coefficient (Wildman–Crippen LogP) is 3.20. The molecule has 2 rings (SSSR count). The van der Waals surface area contributed by atoms with Crippen molar-refractivity contribution < 1.29 is 0 Å². The van der Waals surface area contributed by atoms with Crippen LogP contribution in [0.5, 0.6) is 0 Å². The van der Waals surface area contributed by atoms with Gasteiger partial charge >= 0.3 is 0 Å². The molecule has 0 fully saturated rings. The molecule has 2 nitrogen and oxygen atoms in total. The summed E-state index contributed by atoms with van der Waals surface area (Å²) in [5.74, 6) is 0. The molecule has 0 aliphatic rings. The first-order valence-corrected chi connectivity index (χ1v) is 5.14. The van der Waals surface area contributed by atoms with E-state index in [9.17, 15) is 0 Å². The molecule has 0 unspecified atom stereocenters. The van der Waals surface area contributed by atoms with E-state index >= 15 is 0 Å². The highest BCUT2D eigenvalue weighted by Crippen LogP contribution is 2.23. The van der Waals surface area contributed by atoms with Crippen molar-refractivity contribution in [2.75, 3.05) is 0 Å². The molecular formula is C10H11BrN2. The fourth-order valence-corrected chi connectivity index (χ4v) is 2.01. The van der Waals surface area contributed by atoms with Crippen LogP contribution in [0.25, 0.3) is 11.0 Å². The Morgan fingerprint density at radius 1 is 1.54 bits per heavy atom. The van der Waals surface area contributed by atoms with Crippen molar-refractivity contribution in [3.05, 3.63) is 28.0 Å². The molecule has 0 atom stereocenters. The van der Waals surface area contributed by atoms with Crippen LogP contribution in [0, 0.1) is 6.92 Å². The van der Waals surface area contributed by atoms with Crippen LogP contribution in [0.4, 0.5) is 0 Å². The minimum atomic E-state index is 0.984. The van der Waals surface area contributed by atoms with E-state index < -0.39 is 0 Å². The number of fused-ring (bicyclic) bond motifs is 1. The summed E-state index contributed by atoms with van der Waals surface area (Å²) in [5, 5.41) is 1.23. The van der Waals surface area contributed by atoms with E-state index in [1.807, 2.05) is 6.20 Å².